The molecule has 1 aliphatic rings. The molecule has 1 aromatic carbocycles. The average Bonchev–Trinajstić information content (AvgIpc) is 2.70. The molecule has 0 radical (unpaired) electrons. The summed E-state index contributed by atoms with van der Waals surface area (Å²) in [5, 5.41) is 0.693. The maximum atomic E-state index is 11.0. The van der Waals surface area contributed by atoms with Crippen LogP contribution >= 0.6 is 34.9 Å². The standard InChI is InChI=1S/C11H13ClO2S2.ClH/c12-16(13,14)11-7-5-10(6-8-11)15-9-3-1-2-4-9;/h5-9H,1-4H2;1H. The molecule has 0 bridgehead atoms. The van der Waals surface area contributed by atoms with Gasteiger partial charge in [0.25, 0.3) is 9.05 Å². The zero-order valence-corrected chi connectivity index (χ0v) is 12.3. The predicted octanol–water partition coefficient (Wildman–Crippen LogP) is 4.07. The van der Waals surface area contributed by atoms with E-state index in [1.807, 2.05) is 23.9 Å². The van der Waals surface area contributed by atoms with Gasteiger partial charge in [-0.05, 0) is 37.1 Å². The molecule has 6 heteroatoms. The molecular formula is C11H14Cl2O2S2. The van der Waals surface area contributed by atoms with Crippen LogP contribution in [-0.4, -0.2) is 13.7 Å². The van der Waals surface area contributed by atoms with Gasteiger partial charge in [-0.1, -0.05) is 12.8 Å². The Bertz CT molecular complexity index is 451. The van der Waals surface area contributed by atoms with Crippen molar-refractivity contribution in [3.05, 3.63) is 24.3 Å². The molecule has 1 aromatic rings. The minimum Gasteiger partial charge on any atom is -0.207 e. The van der Waals surface area contributed by atoms with Crippen molar-refractivity contribution in [1.82, 2.24) is 0 Å². The Balaban J connectivity index is 0.00000144. The Morgan fingerprint density at radius 2 is 1.65 bits per heavy atom. The molecule has 0 atom stereocenters. The number of rotatable bonds is 3. The van der Waals surface area contributed by atoms with E-state index in [2.05, 4.69) is 0 Å². The summed E-state index contributed by atoms with van der Waals surface area (Å²) < 4.78 is 22.1. The Hall–Kier alpha value is 0.1000. The first kappa shape index (κ1) is 15.2. The lowest BCUT2D eigenvalue weighted by Crippen LogP contribution is -1.94. The molecule has 2 rings (SSSR count). The first-order valence-electron chi connectivity index (χ1n) is 5.27. The molecule has 0 heterocycles. The van der Waals surface area contributed by atoms with Gasteiger partial charge in [0, 0.05) is 20.8 Å². The van der Waals surface area contributed by atoms with Crippen LogP contribution in [0.4, 0.5) is 0 Å². The molecule has 1 saturated carbocycles. The summed E-state index contributed by atoms with van der Waals surface area (Å²) in [6.07, 6.45) is 5.15. The van der Waals surface area contributed by atoms with E-state index in [1.54, 1.807) is 12.1 Å². The van der Waals surface area contributed by atoms with Crippen molar-refractivity contribution in [1.29, 1.82) is 0 Å². The van der Waals surface area contributed by atoms with Gasteiger partial charge in [-0.3, -0.25) is 0 Å². The highest BCUT2D eigenvalue weighted by Crippen LogP contribution is 2.35. The maximum Gasteiger partial charge on any atom is 0.261 e. The highest BCUT2D eigenvalue weighted by atomic mass is 35.7. The largest absolute Gasteiger partial charge is 0.261 e. The predicted molar refractivity (Wildman–Crippen MR) is 74.8 cm³/mol. The van der Waals surface area contributed by atoms with Crippen LogP contribution in [0.25, 0.3) is 0 Å². The van der Waals surface area contributed by atoms with Crippen molar-refractivity contribution >= 4 is 43.9 Å². The van der Waals surface area contributed by atoms with E-state index in [4.69, 9.17) is 10.7 Å². The highest BCUT2D eigenvalue weighted by molar-refractivity contribution is 8.13. The van der Waals surface area contributed by atoms with Gasteiger partial charge in [0.15, 0.2) is 0 Å². The molecule has 0 aliphatic heterocycles. The van der Waals surface area contributed by atoms with Crippen LogP contribution in [0.3, 0.4) is 0 Å². The minimum atomic E-state index is -3.58. The minimum absolute atomic E-state index is 0. The van der Waals surface area contributed by atoms with Gasteiger partial charge in [-0.15, -0.1) is 24.2 Å². The summed E-state index contributed by atoms with van der Waals surface area (Å²) in [5.74, 6) is 0. The Labute approximate surface area is 117 Å². The number of benzene rings is 1. The van der Waals surface area contributed by atoms with Crippen LogP contribution in [0, 0.1) is 0 Å². The van der Waals surface area contributed by atoms with E-state index in [-0.39, 0.29) is 17.3 Å². The maximum absolute atomic E-state index is 11.0. The zero-order valence-electron chi connectivity index (χ0n) is 9.13. The van der Waals surface area contributed by atoms with Crippen molar-refractivity contribution in [3.8, 4) is 0 Å². The lowest BCUT2D eigenvalue weighted by molar-refractivity contribution is 0.609. The quantitative estimate of drug-likeness (QED) is 0.789. The number of halogens is 2. The van der Waals surface area contributed by atoms with Gasteiger partial charge < -0.3 is 0 Å². The fourth-order valence-electron chi connectivity index (χ4n) is 1.88. The van der Waals surface area contributed by atoms with Crippen LogP contribution in [0.2, 0.25) is 0 Å². The summed E-state index contributed by atoms with van der Waals surface area (Å²) in [5.41, 5.74) is 0. The Kier molecular flexibility index (Phi) is 5.64. The van der Waals surface area contributed by atoms with Crippen molar-refractivity contribution in [2.75, 3.05) is 0 Å². The van der Waals surface area contributed by atoms with E-state index in [0.29, 0.717) is 5.25 Å². The molecular weight excluding hydrogens is 299 g/mol. The lowest BCUT2D eigenvalue weighted by Gasteiger charge is -2.08. The molecule has 0 spiro atoms. The first-order valence-corrected chi connectivity index (χ1v) is 8.46. The van der Waals surface area contributed by atoms with Gasteiger partial charge in [0.1, 0.15) is 0 Å². The van der Waals surface area contributed by atoms with Crippen molar-refractivity contribution < 1.29 is 8.42 Å². The van der Waals surface area contributed by atoms with Crippen LogP contribution < -0.4 is 0 Å². The summed E-state index contributed by atoms with van der Waals surface area (Å²) in [6.45, 7) is 0. The topological polar surface area (TPSA) is 34.1 Å². The molecule has 1 fully saturated rings. The van der Waals surface area contributed by atoms with E-state index in [0.717, 1.165) is 4.90 Å². The summed E-state index contributed by atoms with van der Waals surface area (Å²) in [6, 6.07) is 6.80. The molecule has 0 N–H and O–H groups in total. The second kappa shape index (κ2) is 6.32. The highest BCUT2D eigenvalue weighted by Gasteiger charge is 2.16. The van der Waals surface area contributed by atoms with Crippen LogP contribution in [0.5, 0.6) is 0 Å². The molecule has 1 aliphatic carbocycles. The smallest absolute Gasteiger partial charge is 0.207 e. The van der Waals surface area contributed by atoms with Gasteiger partial charge in [-0.25, -0.2) is 8.42 Å². The van der Waals surface area contributed by atoms with Gasteiger partial charge >= 0.3 is 0 Å². The van der Waals surface area contributed by atoms with E-state index in [1.165, 1.54) is 25.7 Å². The fraction of sp³-hybridized carbons (Fsp3) is 0.455. The molecule has 0 aromatic heterocycles. The van der Waals surface area contributed by atoms with Crippen molar-refractivity contribution in [2.45, 2.75) is 40.7 Å². The number of thioether (sulfide) groups is 1. The van der Waals surface area contributed by atoms with Crippen LogP contribution in [-0.2, 0) is 9.05 Å². The van der Waals surface area contributed by atoms with Crippen LogP contribution in [0.15, 0.2) is 34.1 Å². The molecule has 0 saturated heterocycles. The third-order valence-electron chi connectivity index (χ3n) is 2.71. The van der Waals surface area contributed by atoms with Crippen molar-refractivity contribution in [2.24, 2.45) is 0 Å². The zero-order chi connectivity index (χ0) is 11.6. The number of hydrogen-bond acceptors (Lipinski definition) is 3. The fourth-order valence-corrected chi connectivity index (χ4v) is 3.90. The molecule has 2 nitrogen and oxygen atoms in total. The molecule has 0 unspecified atom stereocenters. The third kappa shape index (κ3) is 4.36. The monoisotopic (exact) mass is 312 g/mol. The SMILES string of the molecule is Cl.O=S(=O)(Cl)c1ccc(SC2CCCC2)cc1. The normalized spacial score (nSPS) is 16.8. The van der Waals surface area contributed by atoms with Gasteiger partial charge in [0.05, 0.1) is 4.90 Å². The summed E-state index contributed by atoms with van der Waals surface area (Å²) in [4.78, 5) is 1.29. The second-order valence-electron chi connectivity index (χ2n) is 3.93. The molecule has 0 amide bonds. The third-order valence-corrected chi connectivity index (χ3v) is 5.43. The Morgan fingerprint density at radius 1 is 1.12 bits per heavy atom. The van der Waals surface area contributed by atoms with Crippen LogP contribution in [0.1, 0.15) is 25.7 Å². The molecule has 96 valence electrons. The van der Waals surface area contributed by atoms with Gasteiger partial charge in [0.2, 0.25) is 0 Å². The second-order valence-corrected chi connectivity index (χ2v) is 7.87. The van der Waals surface area contributed by atoms with E-state index in [9.17, 15) is 8.42 Å². The lowest BCUT2D eigenvalue weighted by atomic mass is 10.4. The first-order chi connectivity index (χ1) is 7.55. The van der Waals surface area contributed by atoms with E-state index < -0.39 is 9.05 Å². The summed E-state index contributed by atoms with van der Waals surface area (Å²) >= 11 is 1.83. The molecule has 17 heavy (non-hydrogen) atoms. The summed E-state index contributed by atoms with van der Waals surface area (Å²) in [7, 11) is 1.66. The van der Waals surface area contributed by atoms with Crippen molar-refractivity contribution in [3.63, 3.8) is 0 Å². The Morgan fingerprint density at radius 3 is 2.12 bits per heavy atom. The van der Waals surface area contributed by atoms with E-state index >= 15 is 0 Å². The average molecular weight is 313 g/mol. The van der Waals surface area contributed by atoms with Gasteiger partial charge in [-0.2, -0.15) is 0 Å². The number of hydrogen-bond donors (Lipinski definition) is 0.